The molecule has 0 spiro atoms. The summed E-state index contributed by atoms with van der Waals surface area (Å²) in [5.74, 6) is 1.10. The Bertz CT molecular complexity index is 1100. The van der Waals surface area contributed by atoms with Crippen molar-refractivity contribution in [2.75, 3.05) is 38.2 Å². The molecule has 3 aromatic carbocycles. The van der Waals surface area contributed by atoms with Gasteiger partial charge in [-0.15, -0.1) is 0 Å². The molecule has 1 saturated heterocycles. The first-order valence-corrected chi connectivity index (χ1v) is 11.2. The van der Waals surface area contributed by atoms with E-state index in [4.69, 9.17) is 9.73 Å². The minimum atomic E-state index is -0.189. The molecule has 6 nitrogen and oxygen atoms in total. The van der Waals surface area contributed by atoms with Gasteiger partial charge in [-0.1, -0.05) is 24.3 Å². The maximum atomic E-state index is 13.0. The highest BCUT2D eigenvalue weighted by Crippen LogP contribution is 2.20. The van der Waals surface area contributed by atoms with Crippen molar-refractivity contribution in [3.05, 3.63) is 89.5 Å². The number of guanidine groups is 1. The lowest BCUT2D eigenvalue weighted by Crippen LogP contribution is -2.53. The first kappa shape index (κ1) is 22.4. The molecule has 6 heteroatoms. The average molecular weight is 443 g/mol. The molecule has 1 amide bonds. The number of aliphatic imine (C=N–C) groups is 1. The molecule has 0 atom stereocenters. The van der Waals surface area contributed by atoms with E-state index in [1.807, 2.05) is 18.2 Å². The van der Waals surface area contributed by atoms with Crippen molar-refractivity contribution >= 4 is 23.2 Å². The van der Waals surface area contributed by atoms with Crippen molar-refractivity contribution in [3.8, 4) is 5.75 Å². The lowest BCUT2D eigenvalue weighted by molar-refractivity contribution is 0.0971. The van der Waals surface area contributed by atoms with E-state index in [9.17, 15) is 4.79 Å². The number of aryl methyl sites for hydroxylation is 2. The Morgan fingerprint density at radius 2 is 1.52 bits per heavy atom. The monoisotopic (exact) mass is 442 g/mol. The molecular weight excluding hydrogens is 412 g/mol. The maximum Gasteiger partial charge on any atom is 0.257 e. The SMILES string of the molecule is COc1ccc(C(=O)NC(=Nc2cc(C)cc(C)c2)N2CCN(c3ccccc3)CC2)cc1. The standard InChI is InChI=1S/C27H30N4O2/c1-20-17-21(2)19-23(18-20)28-27(29-26(32)22-9-11-25(33-3)12-10-22)31-15-13-30(14-16-31)24-7-5-4-6-8-24/h4-12,17-19H,13-16H2,1-3H3,(H,28,29,32). The molecule has 1 aliphatic rings. The van der Waals surface area contributed by atoms with E-state index >= 15 is 0 Å². The summed E-state index contributed by atoms with van der Waals surface area (Å²) in [5, 5.41) is 3.06. The molecule has 0 aliphatic carbocycles. The van der Waals surface area contributed by atoms with E-state index < -0.39 is 0 Å². The number of piperazine rings is 1. The third-order valence-corrected chi connectivity index (χ3v) is 5.72. The highest BCUT2D eigenvalue weighted by molar-refractivity contribution is 6.06. The predicted molar refractivity (Wildman–Crippen MR) is 134 cm³/mol. The number of carbonyl (C=O) groups is 1. The van der Waals surface area contributed by atoms with Crippen LogP contribution in [0, 0.1) is 13.8 Å². The van der Waals surface area contributed by atoms with Crippen molar-refractivity contribution in [1.82, 2.24) is 10.2 Å². The third kappa shape index (κ3) is 5.71. The van der Waals surface area contributed by atoms with Gasteiger partial charge in [0.25, 0.3) is 5.91 Å². The molecule has 4 rings (SSSR count). The van der Waals surface area contributed by atoms with Gasteiger partial charge >= 0.3 is 0 Å². The van der Waals surface area contributed by atoms with Crippen LogP contribution in [0.1, 0.15) is 21.5 Å². The topological polar surface area (TPSA) is 57.2 Å². The average Bonchev–Trinajstić information content (AvgIpc) is 2.84. The number of methoxy groups -OCH3 is 1. The van der Waals surface area contributed by atoms with E-state index in [1.165, 1.54) is 5.69 Å². The van der Waals surface area contributed by atoms with E-state index in [1.54, 1.807) is 31.4 Å². The van der Waals surface area contributed by atoms with Gasteiger partial charge in [0, 0.05) is 37.4 Å². The van der Waals surface area contributed by atoms with Crippen molar-refractivity contribution in [2.45, 2.75) is 13.8 Å². The van der Waals surface area contributed by atoms with E-state index in [-0.39, 0.29) is 5.91 Å². The van der Waals surface area contributed by atoms with Crippen LogP contribution in [-0.4, -0.2) is 50.1 Å². The number of hydrogen-bond acceptors (Lipinski definition) is 4. The number of amides is 1. The Morgan fingerprint density at radius 1 is 0.879 bits per heavy atom. The summed E-state index contributed by atoms with van der Waals surface area (Å²) in [4.78, 5) is 22.4. The number of rotatable bonds is 4. The van der Waals surface area contributed by atoms with Gasteiger partial charge < -0.3 is 14.5 Å². The first-order chi connectivity index (χ1) is 16.0. The number of benzene rings is 3. The Labute approximate surface area is 195 Å². The number of carbonyl (C=O) groups excluding carboxylic acids is 1. The van der Waals surface area contributed by atoms with Gasteiger partial charge in [0.1, 0.15) is 5.75 Å². The molecule has 0 bridgehead atoms. The third-order valence-electron chi connectivity index (χ3n) is 5.72. The Morgan fingerprint density at radius 3 is 2.12 bits per heavy atom. The van der Waals surface area contributed by atoms with Crippen LogP contribution in [0.4, 0.5) is 11.4 Å². The Hall–Kier alpha value is -3.80. The minimum absolute atomic E-state index is 0.189. The molecule has 33 heavy (non-hydrogen) atoms. The van der Waals surface area contributed by atoms with Crippen LogP contribution in [-0.2, 0) is 0 Å². The second-order valence-corrected chi connectivity index (χ2v) is 8.27. The van der Waals surface area contributed by atoms with E-state index in [0.717, 1.165) is 43.0 Å². The number of para-hydroxylation sites is 1. The second kappa shape index (κ2) is 10.2. The molecular formula is C27H30N4O2. The molecule has 1 aliphatic heterocycles. The van der Waals surface area contributed by atoms with Crippen LogP contribution in [0.15, 0.2) is 77.8 Å². The van der Waals surface area contributed by atoms with Gasteiger partial charge in [0.05, 0.1) is 12.8 Å². The summed E-state index contributed by atoms with van der Waals surface area (Å²) < 4.78 is 5.20. The Kier molecular flexibility index (Phi) is 6.93. The number of anilines is 1. The zero-order valence-corrected chi connectivity index (χ0v) is 19.4. The Balaban J connectivity index is 1.56. The number of nitrogens with zero attached hydrogens (tertiary/aromatic N) is 3. The van der Waals surface area contributed by atoms with Gasteiger partial charge in [-0.25, -0.2) is 4.99 Å². The van der Waals surface area contributed by atoms with Crippen LogP contribution >= 0.6 is 0 Å². The first-order valence-electron chi connectivity index (χ1n) is 11.2. The molecule has 170 valence electrons. The zero-order valence-electron chi connectivity index (χ0n) is 19.4. The summed E-state index contributed by atoms with van der Waals surface area (Å²) in [6.07, 6.45) is 0. The summed E-state index contributed by atoms with van der Waals surface area (Å²) in [5.41, 5.74) is 4.90. The fourth-order valence-corrected chi connectivity index (χ4v) is 4.05. The molecule has 0 saturated carbocycles. The molecule has 0 unspecified atom stereocenters. The fourth-order valence-electron chi connectivity index (χ4n) is 4.05. The van der Waals surface area contributed by atoms with Crippen LogP contribution in [0.5, 0.6) is 5.75 Å². The van der Waals surface area contributed by atoms with Gasteiger partial charge in [-0.2, -0.15) is 0 Å². The van der Waals surface area contributed by atoms with Crippen LogP contribution < -0.4 is 15.0 Å². The molecule has 3 aromatic rings. The number of nitrogens with one attached hydrogen (secondary N) is 1. The lowest BCUT2D eigenvalue weighted by Gasteiger charge is -2.37. The van der Waals surface area contributed by atoms with Crippen LogP contribution in [0.3, 0.4) is 0 Å². The predicted octanol–water partition coefficient (Wildman–Crippen LogP) is 4.55. The highest BCUT2D eigenvalue weighted by atomic mass is 16.5. The summed E-state index contributed by atoms with van der Waals surface area (Å²) in [7, 11) is 1.61. The van der Waals surface area contributed by atoms with Crippen LogP contribution in [0.25, 0.3) is 0 Å². The van der Waals surface area contributed by atoms with Gasteiger partial charge in [0.2, 0.25) is 5.96 Å². The quantitative estimate of drug-likeness (QED) is 0.476. The van der Waals surface area contributed by atoms with Crippen molar-refractivity contribution < 1.29 is 9.53 Å². The summed E-state index contributed by atoms with van der Waals surface area (Å²) in [6, 6.07) is 23.7. The van der Waals surface area contributed by atoms with Crippen molar-refractivity contribution in [3.63, 3.8) is 0 Å². The van der Waals surface area contributed by atoms with Gasteiger partial charge in [0.15, 0.2) is 0 Å². The molecule has 1 N–H and O–H groups in total. The fraction of sp³-hybridized carbons (Fsp3) is 0.259. The second-order valence-electron chi connectivity index (χ2n) is 8.27. The summed E-state index contributed by atoms with van der Waals surface area (Å²) >= 11 is 0. The van der Waals surface area contributed by atoms with E-state index in [2.05, 4.69) is 59.3 Å². The van der Waals surface area contributed by atoms with Crippen molar-refractivity contribution in [1.29, 1.82) is 0 Å². The molecule has 1 fully saturated rings. The molecule has 0 aromatic heterocycles. The zero-order chi connectivity index (χ0) is 23.2. The normalized spacial score (nSPS) is 14.2. The maximum absolute atomic E-state index is 13.0. The molecule has 0 radical (unpaired) electrons. The van der Waals surface area contributed by atoms with Crippen molar-refractivity contribution in [2.24, 2.45) is 4.99 Å². The van der Waals surface area contributed by atoms with E-state index in [0.29, 0.717) is 17.3 Å². The smallest absolute Gasteiger partial charge is 0.257 e. The summed E-state index contributed by atoms with van der Waals surface area (Å²) in [6.45, 7) is 7.35. The highest BCUT2D eigenvalue weighted by Gasteiger charge is 2.22. The number of ether oxygens (including phenoxy) is 1. The van der Waals surface area contributed by atoms with Crippen LogP contribution in [0.2, 0.25) is 0 Å². The minimum Gasteiger partial charge on any atom is -0.497 e. The largest absolute Gasteiger partial charge is 0.497 e. The number of hydrogen-bond donors (Lipinski definition) is 1. The lowest BCUT2D eigenvalue weighted by atomic mass is 10.1. The van der Waals surface area contributed by atoms with Gasteiger partial charge in [-0.05, 0) is 73.5 Å². The molecule has 1 heterocycles. The van der Waals surface area contributed by atoms with Gasteiger partial charge in [-0.3, -0.25) is 10.1 Å².